The molecule has 4 rings (SSSR count). The van der Waals surface area contributed by atoms with Crippen molar-refractivity contribution < 1.29 is 22.4 Å². The topological polar surface area (TPSA) is 85.6 Å². The number of carbonyl (C=O) groups excluding carboxylic acids is 1. The zero-order valence-corrected chi connectivity index (χ0v) is 16.1. The molecule has 0 atom stereocenters. The lowest BCUT2D eigenvalue weighted by atomic mass is 9.98. The minimum Gasteiger partial charge on any atom is -0.497 e. The van der Waals surface area contributed by atoms with Crippen LogP contribution in [0.25, 0.3) is 17.0 Å². The number of methoxy groups -OCH3 is 1. The lowest BCUT2D eigenvalue weighted by molar-refractivity contribution is -0.118. The number of benzene rings is 2. The van der Waals surface area contributed by atoms with E-state index in [0.29, 0.717) is 29.7 Å². The number of nitrogens with one attached hydrogen (secondary N) is 1. The molecule has 0 spiro atoms. The molecular formula is C21H19NO5S. The molecule has 2 aromatic carbocycles. The number of aryl methyl sites for hydroxylation is 1. The molecule has 1 aromatic heterocycles. The number of ether oxygens (including phenoxy) is 1. The van der Waals surface area contributed by atoms with Crippen LogP contribution in [0.4, 0.5) is 0 Å². The second-order valence-corrected chi connectivity index (χ2v) is 8.37. The summed E-state index contributed by atoms with van der Waals surface area (Å²) < 4.78 is 38.1. The van der Waals surface area contributed by atoms with Crippen molar-refractivity contribution in [3.05, 3.63) is 70.3 Å². The number of allylic oxidation sites excluding steroid dienone is 1. The van der Waals surface area contributed by atoms with Gasteiger partial charge in [0.25, 0.3) is 10.0 Å². The molecule has 6 nitrogen and oxygen atoms in total. The molecule has 1 aliphatic rings. The third-order valence-corrected chi connectivity index (χ3v) is 6.33. The van der Waals surface area contributed by atoms with Crippen LogP contribution in [-0.2, 0) is 27.7 Å². The number of amides is 1. The number of furan rings is 1. The maximum Gasteiger partial charge on any atom is 0.260 e. The third-order valence-electron chi connectivity index (χ3n) is 4.82. The van der Waals surface area contributed by atoms with Crippen LogP contribution in [0.3, 0.4) is 0 Å². The van der Waals surface area contributed by atoms with Gasteiger partial charge in [-0.2, -0.15) is 0 Å². The predicted octanol–water partition coefficient (Wildman–Crippen LogP) is 3.42. The average molecular weight is 397 g/mol. The summed E-state index contributed by atoms with van der Waals surface area (Å²) in [4.78, 5) is 12.6. The quantitative estimate of drug-likeness (QED) is 0.713. The Balaban J connectivity index is 1.51. The standard InChI is InChI=1S/C21H19NO5S/c1-26-17-7-9-19-16(13-27-20(19)12-17)11-21(23)22-28(24,25)18-8-6-14-4-2-3-5-15(14)10-18/h2-5,7,9-10,12-13H,6,8,11H2,1H3,(H,22,23). The van der Waals surface area contributed by atoms with Gasteiger partial charge in [0.15, 0.2) is 0 Å². The SMILES string of the molecule is COc1ccc2c(CC(=O)NS(=O)(=O)C3=Cc4ccccc4CC3)coc2c1. The van der Waals surface area contributed by atoms with Crippen LogP contribution in [0.2, 0.25) is 0 Å². The zero-order valence-electron chi connectivity index (χ0n) is 15.3. The van der Waals surface area contributed by atoms with Crippen molar-refractivity contribution in [3.63, 3.8) is 0 Å². The Morgan fingerprint density at radius 1 is 1.18 bits per heavy atom. The van der Waals surface area contributed by atoms with Crippen molar-refractivity contribution in [1.82, 2.24) is 4.72 Å². The van der Waals surface area contributed by atoms with E-state index in [1.54, 1.807) is 31.4 Å². The van der Waals surface area contributed by atoms with E-state index in [2.05, 4.69) is 4.72 Å². The molecule has 1 aliphatic carbocycles. The lowest BCUT2D eigenvalue weighted by Crippen LogP contribution is -2.33. The minimum atomic E-state index is -3.88. The van der Waals surface area contributed by atoms with Gasteiger partial charge >= 0.3 is 0 Å². The first kappa shape index (κ1) is 18.3. The first-order chi connectivity index (χ1) is 13.5. The molecule has 7 heteroatoms. The Morgan fingerprint density at radius 3 is 2.82 bits per heavy atom. The Kier molecular flexibility index (Phi) is 4.68. The molecule has 28 heavy (non-hydrogen) atoms. The highest BCUT2D eigenvalue weighted by Crippen LogP contribution is 2.28. The molecule has 1 amide bonds. The highest BCUT2D eigenvalue weighted by Gasteiger charge is 2.24. The lowest BCUT2D eigenvalue weighted by Gasteiger charge is -2.16. The smallest absolute Gasteiger partial charge is 0.260 e. The first-order valence-electron chi connectivity index (χ1n) is 8.84. The summed E-state index contributed by atoms with van der Waals surface area (Å²) >= 11 is 0. The van der Waals surface area contributed by atoms with E-state index in [1.807, 2.05) is 24.3 Å². The van der Waals surface area contributed by atoms with Crippen molar-refractivity contribution in [2.24, 2.45) is 0 Å². The van der Waals surface area contributed by atoms with E-state index in [4.69, 9.17) is 9.15 Å². The summed E-state index contributed by atoms with van der Waals surface area (Å²) in [6, 6.07) is 12.9. The van der Waals surface area contributed by atoms with Crippen LogP contribution in [0.15, 0.2) is 58.1 Å². The Hall–Kier alpha value is -3.06. The van der Waals surface area contributed by atoms with Crippen molar-refractivity contribution >= 4 is 33.0 Å². The van der Waals surface area contributed by atoms with Gasteiger partial charge in [-0.25, -0.2) is 13.1 Å². The predicted molar refractivity (Wildman–Crippen MR) is 106 cm³/mol. The molecule has 0 radical (unpaired) electrons. The minimum absolute atomic E-state index is 0.0948. The van der Waals surface area contributed by atoms with Crippen molar-refractivity contribution in [2.75, 3.05) is 7.11 Å². The van der Waals surface area contributed by atoms with E-state index in [0.717, 1.165) is 16.5 Å². The van der Waals surface area contributed by atoms with Crippen molar-refractivity contribution in [2.45, 2.75) is 19.3 Å². The summed E-state index contributed by atoms with van der Waals surface area (Å²) in [7, 11) is -2.32. The van der Waals surface area contributed by atoms with Gasteiger partial charge in [0, 0.05) is 17.0 Å². The zero-order chi connectivity index (χ0) is 19.7. The monoisotopic (exact) mass is 397 g/mol. The van der Waals surface area contributed by atoms with Crippen LogP contribution in [-0.4, -0.2) is 21.4 Å². The van der Waals surface area contributed by atoms with Gasteiger partial charge in [0.1, 0.15) is 11.3 Å². The number of sulfonamides is 1. The van der Waals surface area contributed by atoms with E-state index >= 15 is 0 Å². The fourth-order valence-electron chi connectivity index (χ4n) is 3.37. The molecule has 0 bridgehead atoms. The van der Waals surface area contributed by atoms with Crippen LogP contribution in [0.5, 0.6) is 5.75 Å². The molecule has 0 fully saturated rings. The maximum absolute atomic E-state index is 12.6. The van der Waals surface area contributed by atoms with Crippen LogP contribution >= 0.6 is 0 Å². The largest absolute Gasteiger partial charge is 0.497 e. The van der Waals surface area contributed by atoms with E-state index in [1.165, 1.54) is 6.26 Å². The van der Waals surface area contributed by atoms with Gasteiger partial charge in [-0.15, -0.1) is 0 Å². The Morgan fingerprint density at radius 2 is 2.00 bits per heavy atom. The van der Waals surface area contributed by atoms with Crippen LogP contribution in [0, 0.1) is 0 Å². The highest BCUT2D eigenvalue weighted by atomic mass is 32.2. The van der Waals surface area contributed by atoms with E-state index in [9.17, 15) is 13.2 Å². The Bertz CT molecular complexity index is 1190. The molecule has 1 N–H and O–H groups in total. The van der Waals surface area contributed by atoms with Crippen LogP contribution in [0.1, 0.15) is 23.1 Å². The van der Waals surface area contributed by atoms with Crippen molar-refractivity contribution in [3.8, 4) is 5.75 Å². The second kappa shape index (κ2) is 7.16. The fraction of sp³-hybridized carbons (Fsp3) is 0.190. The molecule has 0 saturated heterocycles. The van der Waals surface area contributed by atoms with Gasteiger partial charge in [-0.3, -0.25) is 4.79 Å². The molecule has 144 valence electrons. The number of hydrogen-bond donors (Lipinski definition) is 1. The summed E-state index contributed by atoms with van der Waals surface area (Å²) in [5.41, 5.74) is 3.18. The summed E-state index contributed by atoms with van der Waals surface area (Å²) in [5, 5.41) is 0.749. The van der Waals surface area contributed by atoms with E-state index < -0.39 is 15.9 Å². The van der Waals surface area contributed by atoms with Crippen LogP contribution < -0.4 is 9.46 Å². The number of fused-ring (bicyclic) bond motifs is 2. The summed E-state index contributed by atoms with van der Waals surface area (Å²) in [5.74, 6) is 0.0447. The average Bonchev–Trinajstić information content (AvgIpc) is 3.08. The molecule has 0 saturated carbocycles. The Labute approximate surface area is 162 Å². The molecular weight excluding hydrogens is 378 g/mol. The number of hydrogen-bond acceptors (Lipinski definition) is 5. The molecule has 1 heterocycles. The van der Waals surface area contributed by atoms with Gasteiger partial charge in [-0.1, -0.05) is 24.3 Å². The maximum atomic E-state index is 12.6. The van der Waals surface area contributed by atoms with Gasteiger partial charge in [0.05, 0.1) is 24.7 Å². The van der Waals surface area contributed by atoms with E-state index in [-0.39, 0.29) is 11.3 Å². The summed E-state index contributed by atoms with van der Waals surface area (Å²) in [6.07, 6.45) is 4.00. The fourth-order valence-corrected chi connectivity index (χ4v) is 4.53. The first-order valence-corrected chi connectivity index (χ1v) is 10.3. The molecule has 0 unspecified atom stereocenters. The van der Waals surface area contributed by atoms with Crippen molar-refractivity contribution in [1.29, 1.82) is 0 Å². The molecule has 3 aromatic rings. The normalized spacial score (nSPS) is 13.7. The highest BCUT2D eigenvalue weighted by molar-refractivity contribution is 7.94. The van der Waals surface area contributed by atoms with Gasteiger partial charge in [-0.05, 0) is 42.2 Å². The van der Waals surface area contributed by atoms with Gasteiger partial charge < -0.3 is 9.15 Å². The van der Waals surface area contributed by atoms with Gasteiger partial charge in [0.2, 0.25) is 5.91 Å². The number of carbonyl (C=O) groups is 1. The molecule has 0 aliphatic heterocycles. The number of rotatable bonds is 5. The summed E-state index contributed by atoms with van der Waals surface area (Å²) in [6.45, 7) is 0. The second-order valence-electron chi connectivity index (χ2n) is 6.64. The third kappa shape index (κ3) is 3.53.